The van der Waals surface area contributed by atoms with Gasteiger partial charge in [0.2, 0.25) is 0 Å². The lowest BCUT2D eigenvalue weighted by atomic mass is 9.83. The third kappa shape index (κ3) is 3.23. The maximum Gasteiger partial charge on any atom is 0.123 e. The highest BCUT2D eigenvalue weighted by Gasteiger charge is 2.39. The quantitative estimate of drug-likeness (QED) is 0.831. The van der Waals surface area contributed by atoms with E-state index in [0.29, 0.717) is 5.82 Å². The molecule has 2 heterocycles. The second-order valence-corrected chi connectivity index (χ2v) is 5.02. The summed E-state index contributed by atoms with van der Waals surface area (Å²) in [6.07, 6.45) is 4.45. The van der Waals surface area contributed by atoms with Gasteiger partial charge in [0.1, 0.15) is 5.82 Å². The van der Waals surface area contributed by atoms with E-state index in [1.54, 1.807) is 13.3 Å². The molecule has 0 spiro atoms. The molecule has 1 unspecified atom stereocenters. The van der Waals surface area contributed by atoms with Crippen LogP contribution in [-0.4, -0.2) is 44.0 Å². The number of anilines is 1. The maximum absolute atomic E-state index is 5.84. The van der Waals surface area contributed by atoms with Gasteiger partial charge in [-0.2, -0.15) is 0 Å². The van der Waals surface area contributed by atoms with Gasteiger partial charge in [-0.15, -0.1) is 0 Å². The monoisotopic (exact) mass is 265 g/mol. The Hall–Kier alpha value is -1.17. The van der Waals surface area contributed by atoms with E-state index in [4.69, 9.17) is 15.2 Å². The van der Waals surface area contributed by atoms with Gasteiger partial charge in [-0.05, 0) is 31.2 Å². The fourth-order valence-electron chi connectivity index (χ4n) is 2.82. The van der Waals surface area contributed by atoms with Crippen LogP contribution in [-0.2, 0) is 15.9 Å². The van der Waals surface area contributed by atoms with Crippen LogP contribution in [0, 0.1) is 0 Å². The van der Waals surface area contributed by atoms with Crippen LogP contribution in [0.3, 0.4) is 0 Å². The predicted molar refractivity (Wildman–Crippen MR) is 75.0 cm³/mol. The number of ether oxygens (including phenoxy) is 2. The van der Waals surface area contributed by atoms with Gasteiger partial charge in [-0.1, -0.05) is 0 Å². The molecule has 1 saturated heterocycles. The zero-order valence-corrected chi connectivity index (χ0v) is 11.7. The van der Waals surface area contributed by atoms with Crippen molar-refractivity contribution in [3.63, 3.8) is 0 Å². The number of nitrogen functional groups attached to an aromatic ring is 1. The van der Waals surface area contributed by atoms with Gasteiger partial charge in [0.05, 0.1) is 5.60 Å². The van der Waals surface area contributed by atoms with Crippen molar-refractivity contribution in [3.8, 4) is 0 Å². The lowest BCUT2D eigenvalue weighted by Gasteiger charge is -2.42. The highest BCUT2D eigenvalue weighted by atomic mass is 16.5. The van der Waals surface area contributed by atoms with Crippen LogP contribution < -0.4 is 11.1 Å². The number of aromatic nitrogens is 1. The molecule has 0 saturated carbocycles. The van der Waals surface area contributed by atoms with Crippen molar-refractivity contribution in [3.05, 3.63) is 23.9 Å². The van der Waals surface area contributed by atoms with Crippen LogP contribution in [0.25, 0.3) is 0 Å². The summed E-state index contributed by atoms with van der Waals surface area (Å²) in [5.41, 5.74) is 6.75. The molecule has 5 heteroatoms. The van der Waals surface area contributed by atoms with Gasteiger partial charge in [-0.3, -0.25) is 0 Å². The molecule has 1 aromatic rings. The molecule has 1 aliphatic rings. The molecule has 0 bridgehead atoms. The van der Waals surface area contributed by atoms with E-state index in [1.807, 2.05) is 19.2 Å². The van der Waals surface area contributed by atoms with E-state index >= 15 is 0 Å². The van der Waals surface area contributed by atoms with Crippen LogP contribution in [0.5, 0.6) is 0 Å². The lowest BCUT2D eigenvalue weighted by molar-refractivity contribution is -0.109. The van der Waals surface area contributed by atoms with E-state index in [9.17, 15) is 0 Å². The number of likely N-dealkylation sites (N-methyl/N-ethyl adjacent to an activating group) is 1. The molecule has 0 aliphatic carbocycles. The SMILES string of the molecule is CNC(Cc1ccnc(N)c1)C1(OC)CCOCC1. The second-order valence-electron chi connectivity index (χ2n) is 5.02. The van der Waals surface area contributed by atoms with Crippen molar-refractivity contribution in [2.45, 2.75) is 30.9 Å². The Morgan fingerprint density at radius 3 is 2.84 bits per heavy atom. The number of nitrogens with one attached hydrogen (secondary N) is 1. The molecular formula is C14H23N3O2. The second kappa shape index (κ2) is 6.32. The topological polar surface area (TPSA) is 69.4 Å². The molecule has 2 rings (SSSR count). The Balaban J connectivity index is 2.14. The Labute approximate surface area is 114 Å². The fraction of sp³-hybridized carbons (Fsp3) is 0.643. The molecule has 1 aromatic heterocycles. The Bertz CT molecular complexity index is 405. The van der Waals surface area contributed by atoms with Gasteiger partial charge >= 0.3 is 0 Å². The fourth-order valence-corrected chi connectivity index (χ4v) is 2.82. The average molecular weight is 265 g/mol. The summed E-state index contributed by atoms with van der Waals surface area (Å²) in [7, 11) is 3.77. The van der Waals surface area contributed by atoms with Crippen molar-refractivity contribution in [1.82, 2.24) is 10.3 Å². The maximum atomic E-state index is 5.84. The number of nitrogens with two attached hydrogens (primary N) is 1. The highest BCUT2D eigenvalue weighted by Crippen LogP contribution is 2.30. The molecule has 5 nitrogen and oxygen atoms in total. The molecule has 3 N–H and O–H groups in total. The van der Waals surface area contributed by atoms with Crippen LogP contribution in [0.2, 0.25) is 0 Å². The van der Waals surface area contributed by atoms with E-state index < -0.39 is 0 Å². The smallest absolute Gasteiger partial charge is 0.123 e. The van der Waals surface area contributed by atoms with Crippen LogP contribution >= 0.6 is 0 Å². The summed E-state index contributed by atoms with van der Waals surface area (Å²) < 4.78 is 11.3. The summed E-state index contributed by atoms with van der Waals surface area (Å²) in [5.74, 6) is 0.561. The standard InChI is InChI=1S/C14H23N3O2/c1-16-12(9-11-3-6-17-13(15)10-11)14(18-2)4-7-19-8-5-14/h3,6,10,12,16H,4-5,7-9H2,1-2H3,(H2,15,17). The molecular weight excluding hydrogens is 242 g/mol. The molecule has 1 aliphatic heterocycles. The van der Waals surface area contributed by atoms with Crippen LogP contribution in [0.15, 0.2) is 18.3 Å². The Morgan fingerprint density at radius 1 is 1.53 bits per heavy atom. The van der Waals surface area contributed by atoms with Crippen LogP contribution in [0.1, 0.15) is 18.4 Å². The third-order valence-electron chi connectivity index (χ3n) is 4.01. The van der Waals surface area contributed by atoms with Crippen LogP contribution in [0.4, 0.5) is 5.82 Å². The summed E-state index contributed by atoms with van der Waals surface area (Å²) in [5, 5.41) is 3.39. The van der Waals surface area contributed by atoms with E-state index in [1.165, 1.54) is 5.56 Å². The van der Waals surface area contributed by atoms with Crippen molar-refractivity contribution < 1.29 is 9.47 Å². The zero-order valence-electron chi connectivity index (χ0n) is 11.7. The van der Waals surface area contributed by atoms with Crippen molar-refractivity contribution in [2.75, 3.05) is 33.1 Å². The Kier molecular flexibility index (Phi) is 4.74. The molecule has 1 atom stereocenters. The average Bonchev–Trinajstić information content (AvgIpc) is 2.45. The number of hydrogen-bond donors (Lipinski definition) is 2. The van der Waals surface area contributed by atoms with Gasteiger partial charge in [0, 0.05) is 45.4 Å². The zero-order chi connectivity index (χ0) is 13.7. The molecule has 0 aromatic carbocycles. The first-order chi connectivity index (χ1) is 9.20. The van der Waals surface area contributed by atoms with Gasteiger partial charge in [0.15, 0.2) is 0 Å². The summed E-state index contributed by atoms with van der Waals surface area (Å²) in [6, 6.07) is 4.17. The van der Waals surface area contributed by atoms with E-state index in [-0.39, 0.29) is 11.6 Å². The molecule has 0 amide bonds. The minimum absolute atomic E-state index is 0.162. The molecule has 19 heavy (non-hydrogen) atoms. The van der Waals surface area contributed by atoms with Crippen molar-refractivity contribution in [2.24, 2.45) is 0 Å². The first-order valence-corrected chi connectivity index (χ1v) is 6.71. The highest BCUT2D eigenvalue weighted by molar-refractivity contribution is 5.32. The van der Waals surface area contributed by atoms with Crippen molar-refractivity contribution >= 4 is 5.82 Å². The lowest BCUT2D eigenvalue weighted by Crippen LogP contribution is -2.55. The normalized spacial score (nSPS) is 20.1. The van der Waals surface area contributed by atoms with E-state index in [0.717, 1.165) is 32.5 Å². The van der Waals surface area contributed by atoms with Crippen molar-refractivity contribution in [1.29, 1.82) is 0 Å². The number of pyridine rings is 1. The number of nitrogens with zero attached hydrogens (tertiary/aromatic N) is 1. The first-order valence-electron chi connectivity index (χ1n) is 6.71. The minimum Gasteiger partial charge on any atom is -0.384 e. The Morgan fingerprint density at radius 2 is 2.26 bits per heavy atom. The molecule has 0 radical (unpaired) electrons. The third-order valence-corrected chi connectivity index (χ3v) is 4.01. The summed E-state index contributed by atoms with van der Waals surface area (Å²) >= 11 is 0. The largest absolute Gasteiger partial charge is 0.384 e. The number of rotatable bonds is 5. The van der Waals surface area contributed by atoms with Gasteiger partial charge in [-0.25, -0.2) is 4.98 Å². The first kappa shape index (κ1) is 14.2. The van der Waals surface area contributed by atoms with E-state index in [2.05, 4.69) is 10.3 Å². The molecule has 106 valence electrons. The minimum atomic E-state index is -0.162. The predicted octanol–water partition coefficient (Wildman–Crippen LogP) is 0.990. The van der Waals surface area contributed by atoms with Gasteiger partial charge in [0.25, 0.3) is 0 Å². The number of hydrogen-bond acceptors (Lipinski definition) is 5. The molecule has 1 fully saturated rings. The van der Waals surface area contributed by atoms with Gasteiger partial charge < -0.3 is 20.5 Å². The number of methoxy groups -OCH3 is 1. The summed E-state index contributed by atoms with van der Waals surface area (Å²) in [6.45, 7) is 1.51. The summed E-state index contributed by atoms with van der Waals surface area (Å²) in [4.78, 5) is 4.03.